The van der Waals surface area contributed by atoms with Crippen LogP contribution in [0.2, 0.25) is 0 Å². The summed E-state index contributed by atoms with van der Waals surface area (Å²) in [6.07, 6.45) is 1.95. The third kappa shape index (κ3) is 1.99. The highest BCUT2D eigenvalue weighted by Crippen LogP contribution is 2.20. The first-order chi connectivity index (χ1) is 7.72. The van der Waals surface area contributed by atoms with E-state index in [1.165, 1.54) is 0 Å². The number of nitrogens with zero attached hydrogens (tertiary/aromatic N) is 2. The van der Waals surface area contributed by atoms with Crippen LogP contribution in [0.5, 0.6) is 5.75 Å². The van der Waals surface area contributed by atoms with Crippen LogP contribution in [0, 0.1) is 0 Å². The molecule has 0 aliphatic heterocycles. The number of ether oxygens (including phenoxy) is 1. The highest BCUT2D eigenvalue weighted by Gasteiger charge is 2.17. The molecule has 0 fully saturated rings. The van der Waals surface area contributed by atoms with E-state index < -0.39 is 0 Å². The summed E-state index contributed by atoms with van der Waals surface area (Å²) in [5, 5.41) is 5.97. The van der Waals surface area contributed by atoms with Gasteiger partial charge in [-0.25, -0.2) is 0 Å². The fraction of sp³-hybridized carbons (Fsp3) is 0.273. The van der Waals surface area contributed by atoms with Crippen molar-refractivity contribution in [3.05, 3.63) is 34.3 Å². The Morgan fingerprint density at radius 2 is 2.44 bits per heavy atom. The smallest absolute Gasteiger partial charge is 0.189 e. The molecule has 0 unspecified atom stereocenters. The number of hydrogen-bond donors (Lipinski definition) is 0. The van der Waals surface area contributed by atoms with Crippen molar-refractivity contribution in [3.63, 3.8) is 0 Å². The van der Waals surface area contributed by atoms with Gasteiger partial charge in [-0.2, -0.15) is 5.10 Å². The van der Waals surface area contributed by atoms with Gasteiger partial charge < -0.3 is 4.74 Å². The standard InChI is InChI=1S/C11H12N2O2S/c1-13-11(10(15-2)7-12-13)9(14)6-8-4-3-5-16-8/h3-5,7H,6H2,1-2H3. The van der Waals surface area contributed by atoms with Crippen LogP contribution in [-0.4, -0.2) is 22.7 Å². The van der Waals surface area contributed by atoms with Crippen molar-refractivity contribution in [1.82, 2.24) is 9.78 Å². The number of thiophene rings is 1. The van der Waals surface area contributed by atoms with Gasteiger partial charge in [0, 0.05) is 18.3 Å². The van der Waals surface area contributed by atoms with E-state index in [4.69, 9.17) is 4.74 Å². The summed E-state index contributed by atoms with van der Waals surface area (Å²) >= 11 is 1.58. The Morgan fingerprint density at radius 1 is 1.62 bits per heavy atom. The first-order valence-electron chi connectivity index (χ1n) is 4.84. The van der Waals surface area contributed by atoms with Crippen molar-refractivity contribution in [2.45, 2.75) is 6.42 Å². The minimum Gasteiger partial charge on any atom is -0.493 e. The highest BCUT2D eigenvalue weighted by molar-refractivity contribution is 7.10. The van der Waals surface area contributed by atoms with Crippen molar-refractivity contribution in [2.75, 3.05) is 7.11 Å². The number of hydrogen-bond acceptors (Lipinski definition) is 4. The Labute approximate surface area is 97.5 Å². The number of ketones is 1. The number of aryl methyl sites for hydroxylation is 1. The van der Waals surface area contributed by atoms with E-state index in [2.05, 4.69) is 5.10 Å². The molecule has 0 atom stereocenters. The highest BCUT2D eigenvalue weighted by atomic mass is 32.1. The zero-order valence-electron chi connectivity index (χ0n) is 9.14. The molecule has 2 aromatic heterocycles. The summed E-state index contributed by atoms with van der Waals surface area (Å²) in [5.74, 6) is 0.559. The Balaban J connectivity index is 2.23. The number of rotatable bonds is 4. The summed E-state index contributed by atoms with van der Waals surface area (Å²) in [6, 6.07) is 3.89. The molecule has 4 nitrogen and oxygen atoms in total. The van der Waals surface area contributed by atoms with Gasteiger partial charge in [-0.1, -0.05) is 6.07 Å². The molecule has 84 valence electrons. The quantitative estimate of drug-likeness (QED) is 0.762. The molecular weight excluding hydrogens is 224 g/mol. The number of carbonyl (C=O) groups is 1. The third-order valence-corrected chi connectivity index (χ3v) is 3.18. The lowest BCUT2D eigenvalue weighted by atomic mass is 10.2. The first kappa shape index (κ1) is 10.9. The van der Waals surface area contributed by atoms with Gasteiger partial charge in [0.15, 0.2) is 11.5 Å². The van der Waals surface area contributed by atoms with Crippen LogP contribution >= 0.6 is 11.3 Å². The minimum absolute atomic E-state index is 0.0271. The van der Waals surface area contributed by atoms with E-state index in [1.807, 2.05) is 17.5 Å². The molecule has 0 aliphatic carbocycles. The molecule has 2 rings (SSSR count). The van der Waals surface area contributed by atoms with Gasteiger partial charge in [0.2, 0.25) is 0 Å². The van der Waals surface area contributed by atoms with Crippen molar-refractivity contribution in [1.29, 1.82) is 0 Å². The molecule has 0 radical (unpaired) electrons. The van der Waals surface area contributed by atoms with Gasteiger partial charge in [-0.15, -0.1) is 11.3 Å². The van der Waals surface area contributed by atoms with Crippen LogP contribution in [-0.2, 0) is 13.5 Å². The Kier molecular flexibility index (Phi) is 3.05. The lowest BCUT2D eigenvalue weighted by molar-refractivity contribution is 0.0982. The summed E-state index contributed by atoms with van der Waals surface area (Å²) in [7, 11) is 3.28. The van der Waals surface area contributed by atoms with Crippen molar-refractivity contribution in [3.8, 4) is 5.75 Å². The average molecular weight is 236 g/mol. The van der Waals surface area contributed by atoms with E-state index in [-0.39, 0.29) is 5.78 Å². The molecule has 0 N–H and O–H groups in total. The summed E-state index contributed by atoms with van der Waals surface area (Å²) in [5.41, 5.74) is 0.524. The molecule has 0 aromatic carbocycles. The molecular formula is C11H12N2O2S. The molecule has 5 heteroatoms. The zero-order chi connectivity index (χ0) is 11.5. The van der Waals surface area contributed by atoms with Crippen molar-refractivity contribution in [2.24, 2.45) is 7.05 Å². The number of carbonyl (C=O) groups excluding carboxylic acids is 1. The van der Waals surface area contributed by atoms with Crippen molar-refractivity contribution < 1.29 is 9.53 Å². The van der Waals surface area contributed by atoms with Crippen LogP contribution in [0.1, 0.15) is 15.4 Å². The van der Waals surface area contributed by atoms with Gasteiger partial charge in [0.25, 0.3) is 0 Å². The van der Waals surface area contributed by atoms with E-state index in [0.717, 1.165) is 4.88 Å². The molecule has 0 bridgehead atoms. The van der Waals surface area contributed by atoms with E-state index in [0.29, 0.717) is 17.9 Å². The Morgan fingerprint density at radius 3 is 3.06 bits per heavy atom. The Bertz CT molecular complexity index is 488. The van der Waals surface area contributed by atoms with E-state index >= 15 is 0 Å². The van der Waals surface area contributed by atoms with Crippen molar-refractivity contribution >= 4 is 17.1 Å². The summed E-state index contributed by atoms with van der Waals surface area (Å²) in [4.78, 5) is 13.1. The second-order valence-corrected chi connectivity index (χ2v) is 4.40. The van der Waals surface area contributed by atoms with Crippen LogP contribution in [0.4, 0.5) is 0 Å². The summed E-state index contributed by atoms with van der Waals surface area (Å²) in [6.45, 7) is 0. The normalized spacial score (nSPS) is 10.4. The monoisotopic (exact) mass is 236 g/mol. The van der Waals surface area contributed by atoms with E-state index in [9.17, 15) is 4.79 Å². The zero-order valence-corrected chi connectivity index (χ0v) is 9.95. The lowest BCUT2D eigenvalue weighted by Crippen LogP contribution is -2.10. The van der Waals surface area contributed by atoms with Crippen LogP contribution < -0.4 is 4.74 Å². The van der Waals surface area contributed by atoms with Crippen LogP contribution in [0.15, 0.2) is 23.7 Å². The minimum atomic E-state index is 0.0271. The molecule has 0 spiro atoms. The largest absolute Gasteiger partial charge is 0.493 e. The molecule has 0 amide bonds. The van der Waals surface area contributed by atoms with Gasteiger partial charge in [-0.3, -0.25) is 9.48 Å². The molecule has 0 saturated carbocycles. The first-order valence-corrected chi connectivity index (χ1v) is 5.72. The number of Topliss-reactive ketones (excluding diaryl/α,β-unsaturated/α-hetero) is 1. The molecule has 2 aromatic rings. The molecule has 16 heavy (non-hydrogen) atoms. The predicted octanol–water partition coefficient (Wildman–Crippen LogP) is 1.92. The number of aromatic nitrogens is 2. The van der Waals surface area contributed by atoms with Crippen LogP contribution in [0.25, 0.3) is 0 Å². The number of methoxy groups -OCH3 is 1. The molecule has 0 aliphatic rings. The summed E-state index contributed by atoms with van der Waals surface area (Å²) < 4.78 is 6.66. The SMILES string of the molecule is COc1cnn(C)c1C(=O)Cc1cccs1. The maximum atomic E-state index is 12.0. The predicted molar refractivity (Wildman–Crippen MR) is 62.1 cm³/mol. The second-order valence-electron chi connectivity index (χ2n) is 3.36. The third-order valence-electron chi connectivity index (χ3n) is 2.30. The molecule has 2 heterocycles. The maximum absolute atomic E-state index is 12.0. The Hall–Kier alpha value is -1.62. The van der Waals surface area contributed by atoms with Gasteiger partial charge in [-0.05, 0) is 11.4 Å². The fourth-order valence-electron chi connectivity index (χ4n) is 1.54. The maximum Gasteiger partial charge on any atom is 0.189 e. The average Bonchev–Trinajstić information content (AvgIpc) is 2.87. The van der Waals surface area contributed by atoms with Gasteiger partial charge >= 0.3 is 0 Å². The fourth-order valence-corrected chi connectivity index (χ4v) is 2.24. The van der Waals surface area contributed by atoms with Gasteiger partial charge in [0.05, 0.1) is 13.3 Å². The van der Waals surface area contributed by atoms with Crippen LogP contribution in [0.3, 0.4) is 0 Å². The lowest BCUT2D eigenvalue weighted by Gasteiger charge is -2.03. The second kappa shape index (κ2) is 4.49. The van der Waals surface area contributed by atoms with Gasteiger partial charge in [0.1, 0.15) is 5.69 Å². The molecule has 0 saturated heterocycles. The van der Waals surface area contributed by atoms with E-state index in [1.54, 1.807) is 36.4 Å². The topological polar surface area (TPSA) is 44.1 Å².